The molecular weight excluding hydrogens is 257 g/mol. The highest BCUT2D eigenvalue weighted by Crippen LogP contribution is 2.44. The van der Waals surface area contributed by atoms with E-state index in [2.05, 4.69) is 29.4 Å². The number of halogens is 1. The summed E-state index contributed by atoms with van der Waals surface area (Å²) in [4.78, 5) is 0. The zero-order chi connectivity index (χ0) is 14.5. The predicted molar refractivity (Wildman–Crippen MR) is 74.4 cm³/mol. The molecule has 1 saturated carbocycles. The van der Waals surface area contributed by atoms with Gasteiger partial charge in [0.15, 0.2) is 5.82 Å². The van der Waals surface area contributed by atoms with E-state index in [1.54, 1.807) is 23.7 Å². The Bertz CT molecular complexity index is 658. The highest BCUT2D eigenvalue weighted by molar-refractivity contribution is 5.63. The summed E-state index contributed by atoms with van der Waals surface area (Å²) in [6, 6.07) is 3.20. The zero-order valence-electron chi connectivity index (χ0n) is 11.9. The molecule has 0 unspecified atom stereocenters. The smallest absolute Gasteiger partial charge is 0.185 e. The molecule has 106 valence electrons. The average Bonchev–Trinajstić information content (AvgIpc) is 3.12. The van der Waals surface area contributed by atoms with E-state index in [4.69, 9.17) is 5.73 Å². The van der Waals surface area contributed by atoms with E-state index in [1.165, 1.54) is 0 Å². The van der Waals surface area contributed by atoms with Gasteiger partial charge in [-0.2, -0.15) is 0 Å². The Hall–Kier alpha value is -1.98. The highest BCUT2D eigenvalue weighted by atomic mass is 19.1. The summed E-state index contributed by atoms with van der Waals surface area (Å²) in [5.74, 6) is 0.659. The number of nitrogens with two attached hydrogens (primary N) is 1. The van der Waals surface area contributed by atoms with Crippen molar-refractivity contribution in [2.75, 3.05) is 5.73 Å². The number of benzene rings is 1. The molecule has 0 bridgehead atoms. The standard InChI is InChI=1S/C14H18FN5/c1-8-6-10(16)7-11(12(8)15)13-17-18-19-20(13)14(2,3)9-4-5-9/h6-7,9H,4-5,16H2,1-3H3. The molecule has 6 heteroatoms. The van der Waals surface area contributed by atoms with Crippen LogP contribution in [0.25, 0.3) is 11.4 Å². The fraction of sp³-hybridized carbons (Fsp3) is 0.500. The second kappa shape index (κ2) is 4.26. The van der Waals surface area contributed by atoms with E-state index in [-0.39, 0.29) is 11.4 Å². The van der Waals surface area contributed by atoms with E-state index in [0.29, 0.717) is 28.6 Å². The Balaban J connectivity index is 2.15. The van der Waals surface area contributed by atoms with Crippen LogP contribution in [-0.4, -0.2) is 20.2 Å². The molecule has 0 atom stereocenters. The first kappa shape index (κ1) is 13.0. The normalized spacial score (nSPS) is 15.6. The topological polar surface area (TPSA) is 69.6 Å². The highest BCUT2D eigenvalue weighted by Gasteiger charge is 2.42. The third-order valence-electron chi connectivity index (χ3n) is 4.11. The maximum absolute atomic E-state index is 14.4. The first-order chi connectivity index (χ1) is 9.41. The van der Waals surface area contributed by atoms with Crippen LogP contribution in [0.2, 0.25) is 0 Å². The van der Waals surface area contributed by atoms with Gasteiger partial charge in [0.1, 0.15) is 5.82 Å². The number of aromatic nitrogens is 4. The van der Waals surface area contributed by atoms with Crippen molar-refractivity contribution in [2.45, 2.75) is 39.2 Å². The van der Waals surface area contributed by atoms with Crippen LogP contribution in [-0.2, 0) is 5.54 Å². The Kier molecular flexibility index (Phi) is 2.77. The van der Waals surface area contributed by atoms with Crippen LogP contribution < -0.4 is 5.73 Å². The van der Waals surface area contributed by atoms with Gasteiger partial charge in [-0.25, -0.2) is 9.07 Å². The minimum atomic E-state index is -0.318. The molecule has 0 spiro atoms. The fourth-order valence-electron chi connectivity index (χ4n) is 2.67. The van der Waals surface area contributed by atoms with E-state index in [9.17, 15) is 4.39 Å². The molecule has 1 aliphatic rings. The Morgan fingerprint density at radius 3 is 2.70 bits per heavy atom. The first-order valence-electron chi connectivity index (χ1n) is 6.76. The number of anilines is 1. The third kappa shape index (κ3) is 1.95. The molecule has 2 aromatic rings. The van der Waals surface area contributed by atoms with E-state index < -0.39 is 0 Å². The summed E-state index contributed by atoms with van der Waals surface area (Å²) in [6.45, 7) is 5.86. The monoisotopic (exact) mass is 275 g/mol. The molecule has 1 aliphatic carbocycles. The minimum Gasteiger partial charge on any atom is -0.399 e. The molecule has 1 heterocycles. The second-order valence-electron chi connectivity index (χ2n) is 6.04. The Labute approximate surface area is 117 Å². The number of nitrogens with zero attached hydrogens (tertiary/aromatic N) is 4. The van der Waals surface area contributed by atoms with Crippen LogP contribution >= 0.6 is 0 Å². The van der Waals surface area contributed by atoms with Crippen molar-refractivity contribution in [3.05, 3.63) is 23.5 Å². The maximum Gasteiger partial charge on any atom is 0.185 e. The minimum absolute atomic E-state index is 0.218. The predicted octanol–water partition coefficient (Wildman–Crippen LogP) is 2.51. The molecule has 20 heavy (non-hydrogen) atoms. The lowest BCUT2D eigenvalue weighted by molar-refractivity contribution is 0.271. The van der Waals surface area contributed by atoms with E-state index >= 15 is 0 Å². The van der Waals surface area contributed by atoms with Gasteiger partial charge in [-0.1, -0.05) is 0 Å². The summed E-state index contributed by atoms with van der Waals surface area (Å²) in [5.41, 5.74) is 6.98. The van der Waals surface area contributed by atoms with E-state index in [0.717, 1.165) is 12.8 Å². The van der Waals surface area contributed by atoms with Gasteiger partial charge in [-0.05, 0) is 67.7 Å². The molecule has 3 rings (SSSR count). The van der Waals surface area contributed by atoms with Gasteiger partial charge < -0.3 is 5.73 Å². The quantitative estimate of drug-likeness (QED) is 0.874. The SMILES string of the molecule is Cc1cc(N)cc(-c2nnnn2C(C)(C)C2CC2)c1F. The van der Waals surface area contributed by atoms with Gasteiger partial charge in [0.25, 0.3) is 0 Å². The van der Waals surface area contributed by atoms with Gasteiger partial charge in [-0.3, -0.25) is 0 Å². The lowest BCUT2D eigenvalue weighted by Crippen LogP contribution is -2.31. The number of rotatable bonds is 3. The van der Waals surface area contributed by atoms with Crippen molar-refractivity contribution in [1.82, 2.24) is 20.2 Å². The molecule has 2 N–H and O–H groups in total. The first-order valence-corrected chi connectivity index (χ1v) is 6.76. The van der Waals surface area contributed by atoms with Crippen LogP contribution in [0, 0.1) is 18.7 Å². The Morgan fingerprint density at radius 1 is 1.35 bits per heavy atom. The van der Waals surface area contributed by atoms with Crippen LogP contribution in [0.3, 0.4) is 0 Å². The number of tetrazole rings is 1. The summed E-state index contributed by atoms with van der Waals surface area (Å²) < 4.78 is 16.1. The summed E-state index contributed by atoms with van der Waals surface area (Å²) in [7, 11) is 0. The van der Waals surface area contributed by atoms with Crippen LogP contribution in [0.1, 0.15) is 32.3 Å². The van der Waals surface area contributed by atoms with Crippen LogP contribution in [0.5, 0.6) is 0 Å². The van der Waals surface area contributed by atoms with Gasteiger partial charge in [-0.15, -0.1) is 5.10 Å². The van der Waals surface area contributed by atoms with Crippen molar-refractivity contribution < 1.29 is 4.39 Å². The van der Waals surface area contributed by atoms with Crippen molar-refractivity contribution in [3.8, 4) is 11.4 Å². The number of hydrogen-bond donors (Lipinski definition) is 1. The van der Waals surface area contributed by atoms with E-state index in [1.807, 2.05) is 0 Å². The van der Waals surface area contributed by atoms with Crippen LogP contribution in [0.15, 0.2) is 12.1 Å². The van der Waals surface area contributed by atoms with Crippen molar-refractivity contribution in [3.63, 3.8) is 0 Å². The molecule has 1 aromatic heterocycles. The van der Waals surface area contributed by atoms with Gasteiger partial charge in [0.2, 0.25) is 0 Å². The van der Waals surface area contributed by atoms with Gasteiger partial charge in [0.05, 0.1) is 11.1 Å². The summed E-state index contributed by atoms with van der Waals surface area (Å²) in [6.07, 6.45) is 2.31. The van der Waals surface area contributed by atoms with Crippen molar-refractivity contribution in [1.29, 1.82) is 0 Å². The van der Waals surface area contributed by atoms with Gasteiger partial charge >= 0.3 is 0 Å². The molecule has 0 amide bonds. The summed E-state index contributed by atoms with van der Waals surface area (Å²) in [5, 5.41) is 11.8. The molecule has 1 fully saturated rings. The van der Waals surface area contributed by atoms with Crippen LogP contribution in [0.4, 0.5) is 10.1 Å². The second-order valence-corrected chi connectivity index (χ2v) is 6.04. The number of aryl methyl sites for hydroxylation is 1. The summed E-state index contributed by atoms with van der Waals surface area (Å²) >= 11 is 0. The number of hydrogen-bond acceptors (Lipinski definition) is 4. The number of nitrogen functional groups attached to an aromatic ring is 1. The molecule has 1 aromatic carbocycles. The lowest BCUT2D eigenvalue weighted by atomic mass is 9.98. The molecule has 0 radical (unpaired) electrons. The maximum atomic E-state index is 14.4. The van der Waals surface area contributed by atoms with Crippen molar-refractivity contribution in [2.24, 2.45) is 5.92 Å². The van der Waals surface area contributed by atoms with Gasteiger partial charge in [0, 0.05) is 5.69 Å². The largest absolute Gasteiger partial charge is 0.399 e. The lowest BCUT2D eigenvalue weighted by Gasteiger charge is -2.25. The average molecular weight is 275 g/mol. The molecule has 0 aliphatic heterocycles. The fourth-order valence-corrected chi connectivity index (χ4v) is 2.67. The van der Waals surface area contributed by atoms with Crippen molar-refractivity contribution >= 4 is 5.69 Å². The third-order valence-corrected chi connectivity index (χ3v) is 4.11. The Morgan fingerprint density at radius 2 is 2.05 bits per heavy atom. The zero-order valence-corrected chi connectivity index (χ0v) is 11.9. The molecule has 5 nitrogen and oxygen atoms in total. The molecule has 0 saturated heterocycles. The molecular formula is C14H18FN5.